The van der Waals surface area contributed by atoms with E-state index in [1.165, 1.54) is 4.31 Å². The molecule has 0 spiro atoms. The molecule has 23 heavy (non-hydrogen) atoms. The van der Waals surface area contributed by atoms with Crippen molar-refractivity contribution in [3.05, 3.63) is 48.2 Å². The highest BCUT2D eigenvalue weighted by atomic mass is 32.2. The van der Waals surface area contributed by atoms with Crippen LogP contribution in [0.25, 0.3) is 22.0 Å². The van der Waals surface area contributed by atoms with Gasteiger partial charge in [0.05, 0.1) is 23.2 Å². The molecule has 1 aliphatic heterocycles. The normalized spacial score (nSPS) is 17.0. The van der Waals surface area contributed by atoms with Gasteiger partial charge in [0.1, 0.15) is 0 Å². The molecule has 1 aliphatic rings. The number of nitrogens with one attached hydrogen (secondary N) is 1. The second-order valence-corrected chi connectivity index (χ2v) is 7.89. The average Bonchev–Trinajstić information content (AvgIpc) is 3.13. The minimum atomic E-state index is -3.15. The number of aryl methyl sites for hydroxylation is 1. The van der Waals surface area contributed by atoms with E-state index in [0.29, 0.717) is 13.0 Å². The Labute approximate surface area is 135 Å². The highest BCUT2D eigenvalue weighted by Crippen LogP contribution is 2.33. The molecule has 1 N–H and O–H groups in total. The second kappa shape index (κ2) is 5.09. The fourth-order valence-electron chi connectivity index (χ4n) is 3.23. The lowest BCUT2D eigenvalue weighted by Gasteiger charge is -2.20. The maximum Gasteiger partial charge on any atom is 0.235 e. The molecule has 1 saturated heterocycles. The summed E-state index contributed by atoms with van der Waals surface area (Å²) in [6.45, 7) is 2.53. The Hall–Kier alpha value is -2.34. The van der Waals surface area contributed by atoms with Crippen molar-refractivity contribution in [2.24, 2.45) is 0 Å². The number of nitrogens with zero attached hydrogens (tertiary/aromatic N) is 2. The van der Waals surface area contributed by atoms with Gasteiger partial charge in [0.2, 0.25) is 10.0 Å². The number of benzene rings is 2. The van der Waals surface area contributed by atoms with Crippen LogP contribution in [-0.4, -0.2) is 30.9 Å². The van der Waals surface area contributed by atoms with E-state index in [-0.39, 0.29) is 5.75 Å². The smallest absolute Gasteiger partial charge is 0.235 e. The molecule has 0 aliphatic carbocycles. The van der Waals surface area contributed by atoms with Crippen molar-refractivity contribution in [1.82, 2.24) is 10.2 Å². The minimum absolute atomic E-state index is 0.239. The van der Waals surface area contributed by atoms with Gasteiger partial charge < -0.3 is 0 Å². The highest BCUT2D eigenvalue weighted by Gasteiger charge is 2.29. The molecule has 4 rings (SSSR count). The van der Waals surface area contributed by atoms with Gasteiger partial charge in [-0.05, 0) is 48.2 Å². The third-order valence-electron chi connectivity index (χ3n) is 4.36. The molecule has 0 unspecified atom stereocenters. The molecule has 6 heteroatoms. The predicted octanol–water partition coefficient (Wildman–Crippen LogP) is 3.08. The van der Waals surface area contributed by atoms with Gasteiger partial charge in [-0.25, -0.2) is 8.42 Å². The number of hydrogen-bond acceptors (Lipinski definition) is 3. The van der Waals surface area contributed by atoms with Gasteiger partial charge in [0.15, 0.2) is 0 Å². The summed E-state index contributed by atoms with van der Waals surface area (Å²) in [4.78, 5) is 0. The van der Waals surface area contributed by atoms with Crippen LogP contribution >= 0.6 is 0 Å². The summed E-state index contributed by atoms with van der Waals surface area (Å²) in [6.07, 6.45) is 2.51. The van der Waals surface area contributed by atoms with Gasteiger partial charge in [-0.15, -0.1) is 0 Å². The lowest BCUT2D eigenvalue weighted by atomic mass is 9.99. The maximum absolute atomic E-state index is 12.1. The van der Waals surface area contributed by atoms with Crippen molar-refractivity contribution < 1.29 is 8.42 Å². The Morgan fingerprint density at radius 3 is 2.83 bits per heavy atom. The van der Waals surface area contributed by atoms with E-state index in [9.17, 15) is 8.42 Å². The Balaban J connectivity index is 1.81. The number of anilines is 1. The van der Waals surface area contributed by atoms with E-state index in [4.69, 9.17) is 0 Å². The summed E-state index contributed by atoms with van der Waals surface area (Å²) in [7, 11) is -3.15. The SMILES string of the molecule is Cc1cc(-c2cccc3[nH]ncc23)ccc1N1CCCS1(=O)=O. The summed E-state index contributed by atoms with van der Waals surface area (Å²) < 4.78 is 25.8. The molecule has 0 saturated carbocycles. The molecule has 1 aromatic heterocycles. The molecule has 2 aromatic carbocycles. The summed E-state index contributed by atoms with van der Waals surface area (Å²) >= 11 is 0. The van der Waals surface area contributed by atoms with E-state index in [1.54, 1.807) is 0 Å². The second-order valence-electron chi connectivity index (χ2n) is 5.88. The van der Waals surface area contributed by atoms with Crippen LogP contribution in [0.1, 0.15) is 12.0 Å². The molecular formula is C17H17N3O2S. The summed E-state index contributed by atoms with van der Waals surface area (Å²) in [6, 6.07) is 12.0. The average molecular weight is 327 g/mol. The van der Waals surface area contributed by atoms with Crippen molar-refractivity contribution in [3.63, 3.8) is 0 Å². The largest absolute Gasteiger partial charge is 0.278 e. The van der Waals surface area contributed by atoms with Crippen LogP contribution in [0.5, 0.6) is 0 Å². The Morgan fingerprint density at radius 2 is 2.09 bits per heavy atom. The lowest BCUT2D eigenvalue weighted by molar-refractivity contribution is 0.599. The van der Waals surface area contributed by atoms with Crippen molar-refractivity contribution in [1.29, 1.82) is 0 Å². The van der Waals surface area contributed by atoms with Gasteiger partial charge in [-0.2, -0.15) is 5.10 Å². The Kier molecular flexibility index (Phi) is 3.16. The monoisotopic (exact) mass is 327 g/mol. The molecule has 0 bridgehead atoms. The van der Waals surface area contributed by atoms with E-state index in [0.717, 1.165) is 33.3 Å². The number of H-pyrrole nitrogens is 1. The first kappa shape index (κ1) is 14.3. The molecule has 2 heterocycles. The molecule has 0 atom stereocenters. The van der Waals surface area contributed by atoms with Crippen LogP contribution < -0.4 is 4.31 Å². The van der Waals surface area contributed by atoms with Gasteiger partial charge in [-0.1, -0.05) is 18.2 Å². The Bertz CT molecular complexity index is 992. The fraction of sp³-hybridized carbons (Fsp3) is 0.235. The predicted molar refractivity (Wildman–Crippen MR) is 92.0 cm³/mol. The van der Waals surface area contributed by atoms with Gasteiger partial charge >= 0.3 is 0 Å². The number of fused-ring (bicyclic) bond motifs is 1. The first-order chi connectivity index (χ1) is 11.1. The van der Waals surface area contributed by atoms with Crippen LogP contribution in [0.3, 0.4) is 0 Å². The molecule has 5 nitrogen and oxygen atoms in total. The third kappa shape index (κ3) is 2.30. The topological polar surface area (TPSA) is 66.1 Å². The lowest BCUT2D eigenvalue weighted by Crippen LogP contribution is -2.25. The first-order valence-corrected chi connectivity index (χ1v) is 9.21. The van der Waals surface area contributed by atoms with E-state index >= 15 is 0 Å². The standard InChI is InChI=1S/C17H17N3O2S/c1-12-10-13(14-4-2-5-16-15(14)11-18-19-16)6-7-17(12)20-8-3-9-23(20,21)22/h2,4-7,10-11H,3,8-9H2,1H3,(H,18,19). The van der Waals surface area contributed by atoms with Gasteiger partial charge in [-0.3, -0.25) is 9.40 Å². The van der Waals surface area contributed by atoms with E-state index in [2.05, 4.69) is 16.3 Å². The zero-order chi connectivity index (χ0) is 16.0. The van der Waals surface area contributed by atoms with Gasteiger partial charge in [0.25, 0.3) is 0 Å². The third-order valence-corrected chi connectivity index (χ3v) is 6.22. The Morgan fingerprint density at radius 1 is 1.22 bits per heavy atom. The summed E-state index contributed by atoms with van der Waals surface area (Å²) in [5, 5.41) is 8.13. The summed E-state index contributed by atoms with van der Waals surface area (Å²) in [5.74, 6) is 0.239. The number of aromatic nitrogens is 2. The molecular weight excluding hydrogens is 310 g/mol. The summed E-state index contributed by atoms with van der Waals surface area (Å²) in [5.41, 5.74) is 4.90. The zero-order valence-corrected chi connectivity index (χ0v) is 13.6. The highest BCUT2D eigenvalue weighted by molar-refractivity contribution is 7.93. The first-order valence-electron chi connectivity index (χ1n) is 7.60. The number of rotatable bonds is 2. The molecule has 1 fully saturated rings. The van der Waals surface area contributed by atoms with Crippen molar-refractivity contribution in [2.45, 2.75) is 13.3 Å². The molecule has 0 amide bonds. The van der Waals surface area contributed by atoms with Crippen molar-refractivity contribution >= 4 is 26.6 Å². The van der Waals surface area contributed by atoms with Crippen molar-refractivity contribution in [2.75, 3.05) is 16.6 Å². The van der Waals surface area contributed by atoms with E-state index in [1.807, 2.05) is 43.5 Å². The number of aromatic amines is 1. The molecule has 0 radical (unpaired) electrons. The van der Waals surface area contributed by atoms with Crippen LogP contribution in [0.2, 0.25) is 0 Å². The fourth-order valence-corrected chi connectivity index (χ4v) is 4.86. The van der Waals surface area contributed by atoms with Crippen LogP contribution in [0, 0.1) is 6.92 Å². The quantitative estimate of drug-likeness (QED) is 0.786. The number of hydrogen-bond donors (Lipinski definition) is 1. The van der Waals surface area contributed by atoms with Crippen LogP contribution in [0.4, 0.5) is 5.69 Å². The van der Waals surface area contributed by atoms with Crippen LogP contribution in [-0.2, 0) is 10.0 Å². The van der Waals surface area contributed by atoms with Gasteiger partial charge in [0, 0.05) is 11.9 Å². The maximum atomic E-state index is 12.1. The molecule has 3 aromatic rings. The van der Waals surface area contributed by atoms with Crippen molar-refractivity contribution in [3.8, 4) is 11.1 Å². The van der Waals surface area contributed by atoms with E-state index < -0.39 is 10.0 Å². The minimum Gasteiger partial charge on any atom is -0.278 e. The molecule has 118 valence electrons. The number of sulfonamides is 1. The zero-order valence-electron chi connectivity index (χ0n) is 12.8. The van der Waals surface area contributed by atoms with Crippen LogP contribution in [0.15, 0.2) is 42.6 Å².